The van der Waals surface area contributed by atoms with E-state index in [4.69, 9.17) is 10.7 Å². The minimum Gasteiger partial charge on any atom is -0.242 e. The third kappa shape index (κ3) is 6.07. The molecule has 0 N–H and O–H groups in total. The molecule has 0 heterocycles. The van der Waals surface area contributed by atoms with Crippen molar-refractivity contribution in [2.75, 3.05) is 5.75 Å². The second-order valence-corrected chi connectivity index (χ2v) is 3.81. The predicted molar refractivity (Wildman–Crippen MR) is 52.0 cm³/mol. The average molecular weight is 191 g/mol. The number of halogens is 1. The fraction of sp³-hybridized carbons (Fsp3) is 0.250. The molecule has 0 bridgehead atoms. The van der Waals surface area contributed by atoms with Crippen molar-refractivity contribution in [1.82, 2.24) is 0 Å². The lowest BCUT2D eigenvalue weighted by Crippen LogP contribution is -1.90. The summed E-state index contributed by atoms with van der Waals surface area (Å²) in [6, 6.07) is 0. The van der Waals surface area contributed by atoms with Crippen LogP contribution in [0, 0.1) is 0 Å². The molecule has 0 rings (SSSR count). The Morgan fingerprint density at radius 2 is 2.36 bits per heavy atom. The lowest BCUT2D eigenvalue weighted by Gasteiger charge is -1.94. The van der Waals surface area contributed by atoms with Crippen LogP contribution in [-0.4, -0.2) is 9.96 Å². The minimum atomic E-state index is -1.29. The number of allylic oxidation sites excluding steroid dienone is 4. The maximum Gasteiger partial charge on any atom is 0.119 e. The summed E-state index contributed by atoms with van der Waals surface area (Å²) >= 11 is 0. The van der Waals surface area contributed by atoms with Crippen molar-refractivity contribution in [3.8, 4) is 0 Å². The lowest BCUT2D eigenvalue weighted by atomic mass is 10.2. The van der Waals surface area contributed by atoms with Gasteiger partial charge in [-0.25, -0.2) is 4.21 Å². The molecule has 0 amide bonds. The SMILES string of the molecule is C=C/C=C(\C=C/C)CS(=O)Cl. The Morgan fingerprint density at radius 3 is 2.73 bits per heavy atom. The second kappa shape index (κ2) is 6.38. The molecule has 1 unspecified atom stereocenters. The average Bonchev–Trinajstić information content (AvgIpc) is 1.87. The summed E-state index contributed by atoms with van der Waals surface area (Å²) in [5, 5.41) is 0. The van der Waals surface area contributed by atoms with Crippen molar-refractivity contribution in [1.29, 1.82) is 0 Å². The first-order chi connectivity index (χ1) is 5.20. The molecule has 0 radical (unpaired) electrons. The van der Waals surface area contributed by atoms with Crippen molar-refractivity contribution >= 4 is 20.7 Å². The van der Waals surface area contributed by atoms with Gasteiger partial charge in [0.1, 0.15) is 10.0 Å². The first kappa shape index (κ1) is 10.7. The molecule has 0 aliphatic rings. The van der Waals surface area contributed by atoms with Gasteiger partial charge in [-0.05, 0) is 23.2 Å². The van der Waals surface area contributed by atoms with E-state index in [1.807, 2.05) is 19.1 Å². The highest BCUT2D eigenvalue weighted by Crippen LogP contribution is 2.02. The number of hydrogen-bond donors (Lipinski definition) is 0. The molecule has 3 heteroatoms. The molecule has 0 aliphatic heterocycles. The zero-order valence-corrected chi connectivity index (χ0v) is 7.99. The highest BCUT2D eigenvalue weighted by molar-refractivity contribution is 8.08. The van der Waals surface area contributed by atoms with Crippen LogP contribution in [0.25, 0.3) is 0 Å². The van der Waals surface area contributed by atoms with E-state index in [1.165, 1.54) is 0 Å². The van der Waals surface area contributed by atoms with E-state index in [2.05, 4.69) is 6.58 Å². The van der Waals surface area contributed by atoms with Crippen LogP contribution in [0.1, 0.15) is 6.92 Å². The topological polar surface area (TPSA) is 17.1 Å². The van der Waals surface area contributed by atoms with Gasteiger partial charge in [-0.2, -0.15) is 0 Å². The Labute approximate surface area is 74.4 Å². The first-order valence-electron chi connectivity index (χ1n) is 3.19. The van der Waals surface area contributed by atoms with Crippen LogP contribution in [0.5, 0.6) is 0 Å². The normalized spacial score (nSPS) is 15.3. The van der Waals surface area contributed by atoms with Gasteiger partial charge in [0.2, 0.25) is 0 Å². The summed E-state index contributed by atoms with van der Waals surface area (Å²) in [6.07, 6.45) is 7.18. The van der Waals surface area contributed by atoms with E-state index in [-0.39, 0.29) is 0 Å². The Morgan fingerprint density at radius 1 is 1.73 bits per heavy atom. The third-order valence-electron chi connectivity index (χ3n) is 0.993. The van der Waals surface area contributed by atoms with Crippen LogP contribution >= 0.6 is 10.7 Å². The van der Waals surface area contributed by atoms with E-state index >= 15 is 0 Å². The monoisotopic (exact) mass is 190 g/mol. The minimum absolute atomic E-state index is 0.373. The van der Waals surface area contributed by atoms with Gasteiger partial charge in [0.15, 0.2) is 0 Å². The van der Waals surface area contributed by atoms with E-state index in [0.29, 0.717) is 5.75 Å². The summed E-state index contributed by atoms with van der Waals surface area (Å²) in [6.45, 7) is 5.43. The van der Waals surface area contributed by atoms with E-state index in [0.717, 1.165) is 5.57 Å². The van der Waals surface area contributed by atoms with Crippen LogP contribution < -0.4 is 0 Å². The van der Waals surface area contributed by atoms with Gasteiger partial charge in [0.25, 0.3) is 0 Å². The molecule has 62 valence electrons. The summed E-state index contributed by atoms with van der Waals surface area (Å²) < 4.78 is 10.6. The molecule has 0 aromatic carbocycles. The van der Waals surface area contributed by atoms with Gasteiger partial charge in [0, 0.05) is 0 Å². The van der Waals surface area contributed by atoms with E-state index in [1.54, 1.807) is 12.2 Å². The molecule has 0 saturated carbocycles. The summed E-state index contributed by atoms with van der Waals surface area (Å²) in [7, 11) is 4.01. The molecule has 0 fully saturated rings. The van der Waals surface area contributed by atoms with Crippen molar-refractivity contribution < 1.29 is 4.21 Å². The molecular weight excluding hydrogens is 180 g/mol. The molecule has 0 aromatic heterocycles. The second-order valence-electron chi connectivity index (χ2n) is 1.91. The molecular formula is C8H11ClOS. The summed E-state index contributed by atoms with van der Waals surface area (Å²) in [5.41, 5.74) is 0.927. The number of hydrogen-bond acceptors (Lipinski definition) is 1. The number of rotatable bonds is 4. The predicted octanol–water partition coefficient (Wildman–Crippen LogP) is 2.58. The van der Waals surface area contributed by atoms with Crippen LogP contribution in [0.2, 0.25) is 0 Å². The van der Waals surface area contributed by atoms with Crippen LogP contribution in [0.4, 0.5) is 0 Å². The lowest BCUT2D eigenvalue weighted by molar-refractivity contribution is 0.692. The van der Waals surface area contributed by atoms with Gasteiger partial charge in [-0.1, -0.05) is 30.9 Å². The molecule has 11 heavy (non-hydrogen) atoms. The van der Waals surface area contributed by atoms with Crippen LogP contribution in [-0.2, 0) is 10.0 Å². The standard InChI is InChI=1S/C8H11ClOS/c1-3-5-8(6-4-2)7-11(9)10/h3-6H,1,7H2,2H3/b6-4-,8-5+. The van der Waals surface area contributed by atoms with Crippen LogP contribution in [0.15, 0.2) is 36.5 Å². The van der Waals surface area contributed by atoms with Crippen LogP contribution in [0.3, 0.4) is 0 Å². The van der Waals surface area contributed by atoms with Gasteiger partial charge >= 0.3 is 0 Å². The molecule has 0 spiro atoms. The molecule has 1 nitrogen and oxygen atoms in total. The van der Waals surface area contributed by atoms with Gasteiger partial charge < -0.3 is 0 Å². The third-order valence-corrected chi connectivity index (χ3v) is 1.88. The molecule has 0 aliphatic carbocycles. The molecule has 1 atom stereocenters. The van der Waals surface area contributed by atoms with Crippen molar-refractivity contribution in [2.24, 2.45) is 0 Å². The zero-order valence-electron chi connectivity index (χ0n) is 6.42. The summed E-state index contributed by atoms with van der Waals surface area (Å²) in [5.74, 6) is 0.373. The Kier molecular flexibility index (Phi) is 6.18. The van der Waals surface area contributed by atoms with Crippen molar-refractivity contribution in [3.63, 3.8) is 0 Å². The summed E-state index contributed by atoms with van der Waals surface area (Å²) in [4.78, 5) is 0. The van der Waals surface area contributed by atoms with Gasteiger partial charge in [-0.3, -0.25) is 0 Å². The maximum absolute atomic E-state index is 10.6. The highest BCUT2D eigenvalue weighted by Gasteiger charge is 1.95. The first-order valence-corrected chi connectivity index (χ1v) is 5.34. The fourth-order valence-electron chi connectivity index (χ4n) is 0.648. The highest BCUT2D eigenvalue weighted by atomic mass is 35.7. The largest absolute Gasteiger partial charge is 0.242 e. The van der Waals surface area contributed by atoms with E-state index < -0.39 is 10.0 Å². The maximum atomic E-state index is 10.6. The van der Waals surface area contributed by atoms with Gasteiger partial charge in [0.05, 0.1) is 5.75 Å². The Balaban J connectivity index is 4.22. The Bertz CT molecular complexity index is 206. The fourth-order valence-corrected chi connectivity index (χ4v) is 1.48. The Hall–Kier alpha value is -0.340. The van der Waals surface area contributed by atoms with Gasteiger partial charge in [-0.15, -0.1) is 0 Å². The molecule has 0 saturated heterocycles. The quantitative estimate of drug-likeness (QED) is 0.492. The zero-order chi connectivity index (χ0) is 8.69. The van der Waals surface area contributed by atoms with E-state index in [9.17, 15) is 4.21 Å². The van der Waals surface area contributed by atoms with Crippen molar-refractivity contribution in [3.05, 3.63) is 36.5 Å². The smallest absolute Gasteiger partial charge is 0.119 e. The molecule has 0 aromatic rings. The van der Waals surface area contributed by atoms with Crippen molar-refractivity contribution in [2.45, 2.75) is 6.92 Å².